The molecule has 6 heteroatoms. The van der Waals surface area contributed by atoms with Crippen molar-refractivity contribution in [3.05, 3.63) is 326 Å². The van der Waals surface area contributed by atoms with E-state index in [0.717, 1.165) is 122 Å². The molecule has 2 aliphatic rings. The number of hydrogen-bond acceptors (Lipinski definition) is 2. The Bertz CT molecular complexity index is 6850. The van der Waals surface area contributed by atoms with E-state index in [4.69, 9.17) is 6.85 Å². The average Bonchev–Trinajstić information content (AvgIpc) is 1.36. The van der Waals surface area contributed by atoms with Crippen LogP contribution < -0.4 is 26.2 Å². The highest BCUT2D eigenvalue weighted by Crippen LogP contribution is 2.54. The van der Waals surface area contributed by atoms with Crippen LogP contribution in [0.1, 0.15) is 96.8 Å². The summed E-state index contributed by atoms with van der Waals surface area (Å²) in [6.07, 6.45) is 0. The molecule has 0 aliphatic carbocycles. The summed E-state index contributed by atoms with van der Waals surface area (Å²) in [5, 5.41) is 4.12. The summed E-state index contributed by atoms with van der Waals surface area (Å²) in [5.74, 6) is 0. The van der Waals surface area contributed by atoms with E-state index in [0.29, 0.717) is 22.6 Å². The first-order chi connectivity index (χ1) is 54.9. The zero-order valence-corrected chi connectivity index (χ0v) is 58.3. The van der Waals surface area contributed by atoms with Gasteiger partial charge >= 0.3 is 0 Å². The predicted octanol–water partition coefficient (Wildman–Crippen LogP) is 24.0. The number of fused-ring (bicyclic) bond motifs is 13. The van der Waals surface area contributed by atoms with Crippen molar-refractivity contribution >= 4 is 123 Å². The standard InChI is InChI=1S/C96H78BN5/c1-94(2,3)65-48-53-82-76(56-65)77-57-66(95(4,5)6)49-54-83(77)100(82)84-45-27-41-74-75-42-28-46-85(93(75)99(92(74)84)68-35-20-13-21-36-68)101-87-60-69(98-80-43-24-22-37-72(80)73-38-23-25-44-81(73)98)50-52-79(87)97-78-51-47-64(61-29-14-10-15-30-61)55-86(78)102(89-59-67(96(7,8)9)58-88(101)90(89)97)91-70(62-31-16-11-17-32-62)39-26-40-71(91)63-33-18-12-19-34-63/h10-60H,1-9H3/i10D,14D,15D,22D,23D,24D,25D,29D,30D,37D,38D,43D,44D. The fraction of sp³-hybridized carbons (Fsp3) is 0.125. The van der Waals surface area contributed by atoms with E-state index in [2.05, 4.69) is 233 Å². The fourth-order valence-corrected chi connectivity index (χ4v) is 16.3. The van der Waals surface area contributed by atoms with Gasteiger partial charge in [0.1, 0.15) is 0 Å². The largest absolute Gasteiger partial charge is 0.310 e. The SMILES string of the molecule is [2H]c1c([2H])c([2H])c(-c2ccc3c(c2)N(c2c(-c4ccccc4)cccc2-c2ccccc2)c2cc(C(C)(C)C)cc4c2B3c2ccc(-n3c5c([2H])c([2H])c([2H])c([2H])c5c5c([2H])c([2H])c([2H])c([2H])c53)cc2N4c2cccc3c4cccc(-n5c6ccc(C(C)(C)C)cc6c6cc(C(C)(C)C)ccc65)c4n(-c4ccccc4)c23)c([2H])c1[2H]. The maximum atomic E-state index is 9.86. The van der Waals surface area contributed by atoms with Crippen molar-refractivity contribution in [2.24, 2.45) is 0 Å². The van der Waals surface area contributed by atoms with E-state index in [1.807, 2.05) is 78.9 Å². The van der Waals surface area contributed by atoms with Crippen molar-refractivity contribution in [2.75, 3.05) is 9.80 Å². The molecule has 102 heavy (non-hydrogen) atoms. The second-order valence-electron chi connectivity index (χ2n) is 30.3. The molecular weight excluding hydrogens is 1230 g/mol. The number of rotatable bonds is 8. The maximum absolute atomic E-state index is 9.86. The van der Waals surface area contributed by atoms with Crippen molar-refractivity contribution in [3.63, 3.8) is 0 Å². The van der Waals surface area contributed by atoms with Crippen LogP contribution >= 0.6 is 0 Å². The van der Waals surface area contributed by atoms with E-state index in [9.17, 15) is 11.0 Å². The molecule has 2 aliphatic heterocycles. The van der Waals surface area contributed by atoms with Crippen LogP contribution in [-0.4, -0.2) is 20.4 Å². The van der Waals surface area contributed by atoms with E-state index < -0.39 is 78.6 Å². The monoisotopic (exact) mass is 1320 g/mol. The second-order valence-corrected chi connectivity index (χ2v) is 30.3. The van der Waals surface area contributed by atoms with Gasteiger partial charge in [0.05, 0.1) is 68.0 Å². The van der Waals surface area contributed by atoms with Crippen molar-refractivity contribution in [1.82, 2.24) is 13.7 Å². The Balaban J connectivity index is 0.999. The number of anilines is 6. The molecule has 0 bridgehead atoms. The van der Waals surface area contributed by atoms with E-state index in [-0.39, 0.29) is 50.3 Å². The van der Waals surface area contributed by atoms with Crippen LogP contribution in [0.5, 0.6) is 0 Å². The smallest absolute Gasteiger partial charge is 0.252 e. The van der Waals surface area contributed by atoms with Crippen LogP contribution in [0.25, 0.3) is 116 Å². The van der Waals surface area contributed by atoms with Gasteiger partial charge in [-0.1, -0.05) is 280 Å². The summed E-state index contributed by atoms with van der Waals surface area (Å²) in [4.78, 5) is 4.68. The minimum atomic E-state index is -0.671. The zero-order chi connectivity index (χ0) is 80.4. The van der Waals surface area contributed by atoms with Crippen molar-refractivity contribution in [1.29, 1.82) is 0 Å². The third kappa shape index (κ3) is 9.45. The van der Waals surface area contributed by atoms with Crippen molar-refractivity contribution < 1.29 is 17.8 Å². The average molecular weight is 1330 g/mol. The Labute approximate surface area is 615 Å². The maximum Gasteiger partial charge on any atom is 0.252 e. The van der Waals surface area contributed by atoms with E-state index in [1.54, 1.807) is 4.57 Å². The highest BCUT2D eigenvalue weighted by Gasteiger charge is 2.46. The van der Waals surface area contributed by atoms with Gasteiger partial charge in [-0.15, -0.1) is 0 Å². The van der Waals surface area contributed by atoms with Gasteiger partial charge in [-0.2, -0.15) is 0 Å². The molecule has 0 saturated heterocycles. The van der Waals surface area contributed by atoms with Crippen molar-refractivity contribution in [2.45, 2.75) is 78.6 Å². The van der Waals surface area contributed by atoms with Crippen LogP contribution in [0, 0.1) is 0 Å². The highest BCUT2D eigenvalue weighted by atomic mass is 15.2. The quantitative estimate of drug-likeness (QED) is 0.141. The summed E-state index contributed by atoms with van der Waals surface area (Å²) in [6, 6.07) is 74.7. The summed E-state index contributed by atoms with van der Waals surface area (Å²) in [5.41, 5.74) is 19.6. The zero-order valence-electron chi connectivity index (χ0n) is 71.3. The first-order valence-corrected chi connectivity index (χ1v) is 35.0. The Morgan fingerprint density at radius 3 is 1.34 bits per heavy atom. The number of nitrogens with zero attached hydrogens (tertiary/aromatic N) is 5. The lowest BCUT2D eigenvalue weighted by Gasteiger charge is -2.46. The van der Waals surface area contributed by atoms with E-state index in [1.165, 1.54) is 11.1 Å². The molecule has 0 N–H and O–H groups in total. The molecular formula is C96H78BN5. The number of aromatic nitrogens is 3. The molecule has 5 heterocycles. The summed E-state index contributed by atoms with van der Waals surface area (Å²) in [7, 11) is 0. The fourth-order valence-electron chi connectivity index (χ4n) is 16.3. The minimum absolute atomic E-state index is 0.0219. The molecule has 0 fully saturated rings. The van der Waals surface area contributed by atoms with E-state index >= 15 is 0 Å². The third-order valence-electron chi connectivity index (χ3n) is 21.2. The Morgan fingerprint density at radius 2 is 0.775 bits per heavy atom. The second kappa shape index (κ2) is 22.8. The van der Waals surface area contributed by atoms with Crippen LogP contribution in [0.3, 0.4) is 0 Å². The first-order valence-electron chi connectivity index (χ1n) is 41.5. The third-order valence-corrected chi connectivity index (χ3v) is 21.2. The lowest BCUT2D eigenvalue weighted by Crippen LogP contribution is -2.61. The topological polar surface area (TPSA) is 21.3 Å². The van der Waals surface area contributed by atoms with Crippen molar-refractivity contribution in [3.8, 4) is 50.4 Å². The molecule has 0 radical (unpaired) electrons. The number of benzene rings is 14. The lowest BCUT2D eigenvalue weighted by atomic mass is 9.33. The van der Waals surface area contributed by atoms with Gasteiger partial charge < -0.3 is 23.5 Å². The normalized spacial score (nSPS) is 14.9. The molecule has 0 amide bonds. The Kier molecular flexibility index (Phi) is 10.9. The first kappa shape index (κ1) is 48.8. The van der Waals surface area contributed by atoms with Gasteiger partial charge in [0.2, 0.25) is 0 Å². The van der Waals surface area contributed by atoms with Gasteiger partial charge in [-0.05, 0) is 163 Å². The molecule has 0 saturated carbocycles. The van der Waals surface area contributed by atoms with Gasteiger partial charge in [0.15, 0.2) is 0 Å². The summed E-state index contributed by atoms with van der Waals surface area (Å²) < 4.78 is 128. The van der Waals surface area contributed by atoms with Gasteiger partial charge in [0.25, 0.3) is 6.71 Å². The molecule has 5 nitrogen and oxygen atoms in total. The minimum Gasteiger partial charge on any atom is -0.310 e. The lowest BCUT2D eigenvalue weighted by molar-refractivity contribution is 0.590. The van der Waals surface area contributed by atoms with Gasteiger partial charge in [-0.25, -0.2) is 0 Å². The van der Waals surface area contributed by atoms with Gasteiger partial charge in [-0.3, -0.25) is 0 Å². The highest BCUT2D eigenvalue weighted by molar-refractivity contribution is 7.00. The van der Waals surface area contributed by atoms with Crippen LogP contribution in [0.4, 0.5) is 34.1 Å². The molecule has 490 valence electrons. The molecule has 0 atom stereocenters. The number of hydrogen-bond donors (Lipinski definition) is 0. The molecule has 17 aromatic rings. The summed E-state index contributed by atoms with van der Waals surface area (Å²) >= 11 is 0. The Morgan fingerprint density at radius 1 is 0.284 bits per heavy atom. The molecule has 0 unspecified atom stereocenters. The summed E-state index contributed by atoms with van der Waals surface area (Å²) in [6.45, 7) is 19.5. The predicted molar refractivity (Wildman–Crippen MR) is 436 cm³/mol. The molecule has 19 rings (SSSR count). The number of para-hydroxylation sites is 6. The van der Waals surface area contributed by atoms with Crippen LogP contribution in [-0.2, 0) is 16.2 Å². The van der Waals surface area contributed by atoms with Crippen LogP contribution in [0.15, 0.2) is 309 Å². The molecule has 3 aromatic heterocycles. The molecule has 0 spiro atoms. The van der Waals surface area contributed by atoms with Gasteiger partial charge in [0, 0.05) is 77.6 Å². The Hall–Kier alpha value is -11.9. The molecule has 14 aromatic carbocycles. The van der Waals surface area contributed by atoms with Crippen LogP contribution in [0.2, 0.25) is 0 Å².